The van der Waals surface area contributed by atoms with E-state index in [0.29, 0.717) is 18.0 Å². The molecular weight excluding hydrogens is 443 g/mol. The van der Waals surface area contributed by atoms with Crippen molar-refractivity contribution in [1.82, 2.24) is 20.1 Å². The number of carbonyl (C=O) groups excluding carboxylic acids is 1. The molecule has 0 saturated carbocycles. The van der Waals surface area contributed by atoms with Crippen molar-refractivity contribution < 1.29 is 13.6 Å². The molecule has 4 rings (SSSR count). The molecule has 2 fully saturated rings. The number of oxazole rings is 1. The number of benzene rings is 1. The Morgan fingerprint density at radius 1 is 1.09 bits per heavy atom. The molecule has 2 aliphatic heterocycles. The predicted molar refractivity (Wildman–Crippen MR) is 139 cm³/mol. The molecular formula is C28H43FN4O2. The summed E-state index contributed by atoms with van der Waals surface area (Å²) in [6.07, 6.45) is 6.71. The minimum atomic E-state index is -0.314. The maximum atomic E-state index is 14.3. The summed E-state index contributed by atoms with van der Waals surface area (Å²) in [6, 6.07) is 4.99. The van der Waals surface area contributed by atoms with Crippen LogP contribution in [0.25, 0.3) is 11.5 Å². The van der Waals surface area contributed by atoms with Gasteiger partial charge in [0.15, 0.2) is 0 Å². The van der Waals surface area contributed by atoms with Crippen molar-refractivity contribution in [1.29, 1.82) is 0 Å². The van der Waals surface area contributed by atoms with Crippen LogP contribution in [-0.2, 0) is 11.3 Å². The van der Waals surface area contributed by atoms with Crippen LogP contribution < -0.4 is 5.32 Å². The van der Waals surface area contributed by atoms with Gasteiger partial charge < -0.3 is 14.6 Å². The molecule has 7 heteroatoms. The summed E-state index contributed by atoms with van der Waals surface area (Å²) < 4.78 is 20.1. The maximum absolute atomic E-state index is 14.3. The molecule has 0 bridgehead atoms. The summed E-state index contributed by atoms with van der Waals surface area (Å²) in [5, 5.41) is 3.15. The molecule has 1 aromatic carbocycles. The van der Waals surface area contributed by atoms with Crippen LogP contribution in [0.5, 0.6) is 0 Å². The largest absolute Gasteiger partial charge is 0.441 e. The van der Waals surface area contributed by atoms with Crippen LogP contribution in [0.3, 0.4) is 0 Å². The molecule has 1 amide bonds. The average molecular weight is 487 g/mol. The van der Waals surface area contributed by atoms with E-state index in [4.69, 9.17) is 4.42 Å². The highest BCUT2D eigenvalue weighted by Gasteiger charge is 2.26. The number of nitrogens with one attached hydrogen (secondary N) is 1. The van der Waals surface area contributed by atoms with Crippen molar-refractivity contribution in [3.63, 3.8) is 0 Å². The zero-order valence-corrected chi connectivity index (χ0v) is 22.0. The first-order chi connectivity index (χ1) is 17.0. The van der Waals surface area contributed by atoms with E-state index in [0.717, 1.165) is 62.5 Å². The van der Waals surface area contributed by atoms with Crippen molar-refractivity contribution in [2.75, 3.05) is 39.3 Å². The Labute approximate surface area is 210 Å². The first kappa shape index (κ1) is 27.3. The van der Waals surface area contributed by atoms with Crippen LogP contribution in [0.1, 0.15) is 69.4 Å². The number of aromatic nitrogens is 1. The number of amides is 1. The molecule has 2 saturated heterocycles. The van der Waals surface area contributed by atoms with E-state index in [9.17, 15) is 9.18 Å². The maximum Gasteiger partial charge on any atom is 0.229 e. The topological polar surface area (TPSA) is 61.6 Å². The fourth-order valence-electron chi connectivity index (χ4n) is 4.99. The number of carbonyl (C=O) groups is 1. The Morgan fingerprint density at radius 2 is 1.80 bits per heavy atom. The number of nitrogens with zero attached hydrogens (tertiary/aromatic N) is 3. The third-order valence-corrected chi connectivity index (χ3v) is 7.06. The summed E-state index contributed by atoms with van der Waals surface area (Å²) in [6.45, 7) is 14.4. The van der Waals surface area contributed by atoms with Crippen LogP contribution >= 0.6 is 0 Å². The lowest BCUT2D eigenvalue weighted by Crippen LogP contribution is -2.41. The normalized spacial score (nSPS) is 17.6. The minimum absolute atomic E-state index is 0.0891. The molecule has 0 unspecified atom stereocenters. The molecule has 35 heavy (non-hydrogen) atoms. The number of piperidine rings is 2. The van der Waals surface area contributed by atoms with Crippen molar-refractivity contribution in [2.24, 2.45) is 5.92 Å². The van der Waals surface area contributed by atoms with Crippen molar-refractivity contribution in [3.05, 3.63) is 41.0 Å². The van der Waals surface area contributed by atoms with Crippen molar-refractivity contribution in [2.45, 2.75) is 72.8 Å². The first-order valence-corrected chi connectivity index (χ1v) is 13.5. The summed E-state index contributed by atoms with van der Waals surface area (Å²) in [4.78, 5) is 22.0. The molecule has 2 aromatic rings. The van der Waals surface area contributed by atoms with Gasteiger partial charge in [0.1, 0.15) is 11.6 Å². The highest BCUT2D eigenvalue weighted by atomic mass is 19.1. The van der Waals surface area contributed by atoms with Gasteiger partial charge in [-0.05, 0) is 90.3 Å². The molecule has 1 N–H and O–H groups in total. The van der Waals surface area contributed by atoms with Crippen LogP contribution in [0, 0.1) is 25.6 Å². The van der Waals surface area contributed by atoms with Gasteiger partial charge in [0.25, 0.3) is 0 Å². The number of hydrogen-bond donors (Lipinski definition) is 1. The SMILES string of the molecule is CC.Cc1cccc(F)c1-c1nc(CN2CCC(C(=O)NCCCN3CCCCC3)CC2)c(C)o1. The van der Waals surface area contributed by atoms with E-state index in [1.54, 1.807) is 6.07 Å². The molecule has 0 radical (unpaired) electrons. The van der Waals surface area contributed by atoms with Crippen LogP contribution in [0.4, 0.5) is 4.39 Å². The third-order valence-electron chi connectivity index (χ3n) is 7.06. The second-order valence-corrected chi connectivity index (χ2v) is 9.55. The fourth-order valence-corrected chi connectivity index (χ4v) is 4.99. The second-order valence-electron chi connectivity index (χ2n) is 9.55. The Hall–Kier alpha value is -2.25. The minimum Gasteiger partial charge on any atom is -0.441 e. The Bertz CT molecular complexity index is 911. The summed E-state index contributed by atoms with van der Waals surface area (Å²) in [5.74, 6) is 1.04. The average Bonchev–Trinajstić information content (AvgIpc) is 3.23. The lowest BCUT2D eigenvalue weighted by atomic mass is 9.95. The molecule has 0 aliphatic carbocycles. The molecule has 2 aliphatic rings. The standard InChI is InChI=1S/C26H37FN4O2.C2H6/c1-19-8-6-9-22(27)24(19)26-29-23(20(2)33-26)18-31-16-10-21(11-17-31)25(32)28-12-7-15-30-13-4-3-5-14-30;1-2/h6,8-9,21H,3-5,7,10-18H2,1-2H3,(H,28,32);1-2H3. The molecule has 194 valence electrons. The Kier molecular flexibility index (Phi) is 10.7. The smallest absolute Gasteiger partial charge is 0.229 e. The predicted octanol–water partition coefficient (Wildman–Crippen LogP) is 5.33. The monoisotopic (exact) mass is 486 g/mol. The number of hydrogen-bond acceptors (Lipinski definition) is 5. The number of rotatable bonds is 8. The molecule has 3 heterocycles. The van der Waals surface area contributed by atoms with Gasteiger partial charge in [-0.2, -0.15) is 0 Å². The molecule has 6 nitrogen and oxygen atoms in total. The van der Waals surface area contributed by atoms with E-state index >= 15 is 0 Å². The van der Waals surface area contributed by atoms with E-state index in [-0.39, 0.29) is 17.6 Å². The number of likely N-dealkylation sites (tertiary alicyclic amines) is 2. The lowest BCUT2D eigenvalue weighted by molar-refractivity contribution is -0.126. The van der Waals surface area contributed by atoms with Gasteiger partial charge in [0.2, 0.25) is 11.8 Å². The van der Waals surface area contributed by atoms with Gasteiger partial charge in [0, 0.05) is 19.0 Å². The Morgan fingerprint density at radius 3 is 2.49 bits per heavy atom. The molecule has 1 aromatic heterocycles. The second kappa shape index (κ2) is 13.7. The van der Waals surface area contributed by atoms with Gasteiger partial charge in [-0.1, -0.05) is 32.4 Å². The van der Waals surface area contributed by atoms with Gasteiger partial charge >= 0.3 is 0 Å². The van der Waals surface area contributed by atoms with Crippen molar-refractivity contribution in [3.8, 4) is 11.5 Å². The van der Waals surface area contributed by atoms with Crippen LogP contribution in [0.2, 0.25) is 0 Å². The number of aryl methyl sites for hydroxylation is 2. The summed E-state index contributed by atoms with van der Waals surface area (Å²) in [7, 11) is 0. The van der Waals surface area contributed by atoms with Crippen LogP contribution in [-0.4, -0.2) is 60.0 Å². The zero-order chi connectivity index (χ0) is 25.2. The van der Waals surface area contributed by atoms with E-state index < -0.39 is 0 Å². The van der Waals surface area contributed by atoms with E-state index in [1.165, 1.54) is 38.4 Å². The molecule has 0 atom stereocenters. The highest BCUT2D eigenvalue weighted by molar-refractivity contribution is 5.78. The third kappa shape index (κ3) is 7.61. The summed E-state index contributed by atoms with van der Waals surface area (Å²) in [5.41, 5.74) is 2.08. The number of halogens is 1. The van der Waals surface area contributed by atoms with Gasteiger partial charge in [-0.15, -0.1) is 0 Å². The quantitative estimate of drug-likeness (QED) is 0.511. The van der Waals surface area contributed by atoms with Gasteiger partial charge in [-0.25, -0.2) is 9.37 Å². The van der Waals surface area contributed by atoms with E-state index in [1.807, 2.05) is 33.8 Å². The van der Waals surface area contributed by atoms with Gasteiger partial charge in [-0.3, -0.25) is 9.69 Å². The van der Waals surface area contributed by atoms with Gasteiger partial charge in [0.05, 0.1) is 11.3 Å². The van der Waals surface area contributed by atoms with E-state index in [2.05, 4.69) is 20.1 Å². The lowest BCUT2D eigenvalue weighted by Gasteiger charge is -2.31. The fraction of sp³-hybridized carbons (Fsp3) is 0.643. The first-order valence-electron chi connectivity index (χ1n) is 13.5. The zero-order valence-electron chi connectivity index (χ0n) is 22.0. The van der Waals surface area contributed by atoms with Crippen molar-refractivity contribution >= 4 is 5.91 Å². The highest BCUT2D eigenvalue weighted by Crippen LogP contribution is 2.28. The Balaban J connectivity index is 0.00000167. The summed E-state index contributed by atoms with van der Waals surface area (Å²) >= 11 is 0. The van der Waals surface area contributed by atoms with Crippen LogP contribution in [0.15, 0.2) is 22.6 Å². The molecule has 0 spiro atoms.